The average molecular weight is 301 g/mol. The molecule has 2 aromatic carbocycles. The van der Waals surface area contributed by atoms with Crippen molar-refractivity contribution in [1.29, 1.82) is 5.26 Å². The summed E-state index contributed by atoms with van der Waals surface area (Å²) in [4.78, 5) is 0.173. The number of anilines is 2. The molecule has 2 rings (SSSR count). The molecule has 0 aliphatic heterocycles. The normalized spacial score (nSPS) is 10.9. The third-order valence-corrected chi connectivity index (χ3v) is 5.12. The van der Waals surface area contributed by atoms with Gasteiger partial charge in [0.1, 0.15) is 0 Å². The number of hydrogen-bond acceptors (Lipinski definition) is 4. The van der Waals surface area contributed by atoms with Crippen molar-refractivity contribution in [1.82, 2.24) is 0 Å². The smallest absolute Gasteiger partial charge is 0.264 e. The zero-order chi connectivity index (χ0) is 15.6. The largest absolute Gasteiger partial charge is 0.399 e. The van der Waals surface area contributed by atoms with E-state index in [1.807, 2.05) is 6.07 Å². The van der Waals surface area contributed by atoms with E-state index in [0.717, 1.165) is 0 Å². The lowest BCUT2D eigenvalue weighted by atomic mass is 10.2. The van der Waals surface area contributed by atoms with Gasteiger partial charge in [0.15, 0.2) is 0 Å². The van der Waals surface area contributed by atoms with E-state index in [0.29, 0.717) is 22.5 Å². The highest BCUT2D eigenvalue weighted by molar-refractivity contribution is 7.92. The van der Waals surface area contributed by atoms with E-state index in [9.17, 15) is 8.42 Å². The van der Waals surface area contributed by atoms with Crippen LogP contribution in [0.4, 0.5) is 11.4 Å². The Labute approximate surface area is 124 Å². The van der Waals surface area contributed by atoms with Gasteiger partial charge in [-0.25, -0.2) is 8.42 Å². The Hall–Kier alpha value is -2.52. The fraction of sp³-hybridized carbons (Fsp3) is 0.133. The maximum absolute atomic E-state index is 12.7. The van der Waals surface area contributed by atoms with Crippen LogP contribution in [0.25, 0.3) is 0 Å². The molecule has 108 valence electrons. The first-order valence-corrected chi connectivity index (χ1v) is 7.65. The Kier molecular flexibility index (Phi) is 3.87. The predicted octanol–water partition coefficient (Wildman–Crippen LogP) is 2.27. The van der Waals surface area contributed by atoms with Gasteiger partial charge in [0, 0.05) is 12.7 Å². The average Bonchev–Trinajstić information content (AvgIpc) is 2.45. The first kappa shape index (κ1) is 14.9. The Morgan fingerprint density at radius 1 is 1.19 bits per heavy atom. The lowest BCUT2D eigenvalue weighted by molar-refractivity contribution is 0.594. The summed E-state index contributed by atoms with van der Waals surface area (Å²) in [6, 6.07) is 13.1. The van der Waals surface area contributed by atoms with Crippen molar-refractivity contribution in [3.05, 3.63) is 53.6 Å². The Balaban J connectivity index is 2.50. The van der Waals surface area contributed by atoms with Crippen LogP contribution in [-0.4, -0.2) is 15.5 Å². The number of aryl methyl sites for hydroxylation is 1. The summed E-state index contributed by atoms with van der Waals surface area (Å²) in [5.41, 5.74) is 7.63. The van der Waals surface area contributed by atoms with Crippen molar-refractivity contribution in [2.75, 3.05) is 17.1 Å². The Bertz CT molecular complexity index is 823. The van der Waals surface area contributed by atoms with Crippen LogP contribution < -0.4 is 10.0 Å². The quantitative estimate of drug-likeness (QED) is 0.881. The van der Waals surface area contributed by atoms with Crippen molar-refractivity contribution in [3.8, 4) is 6.07 Å². The van der Waals surface area contributed by atoms with Gasteiger partial charge in [-0.15, -0.1) is 0 Å². The number of sulfonamides is 1. The number of benzene rings is 2. The maximum Gasteiger partial charge on any atom is 0.264 e. The minimum atomic E-state index is -3.70. The predicted molar refractivity (Wildman–Crippen MR) is 82.3 cm³/mol. The molecule has 2 aromatic rings. The second kappa shape index (κ2) is 5.46. The highest BCUT2D eigenvalue weighted by atomic mass is 32.2. The molecule has 5 nitrogen and oxygen atoms in total. The molecule has 21 heavy (non-hydrogen) atoms. The molecule has 0 saturated heterocycles. The summed E-state index contributed by atoms with van der Waals surface area (Å²) in [6.45, 7) is 1.67. The molecule has 0 amide bonds. The van der Waals surface area contributed by atoms with Crippen molar-refractivity contribution in [2.24, 2.45) is 0 Å². The number of nitrogens with zero attached hydrogens (tertiary/aromatic N) is 2. The zero-order valence-electron chi connectivity index (χ0n) is 11.7. The van der Waals surface area contributed by atoms with Crippen LogP contribution >= 0.6 is 0 Å². The van der Waals surface area contributed by atoms with Crippen LogP contribution in [0.15, 0.2) is 47.4 Å². The first-order chi connectivity index (χ1) is 9.86. The second-order valence-electron chi connectivity index (χ2n) is 4.66. The summed E-state index contributed by atoms with van der Waals surface area (Å²) in [5, 5.41) is 8.85. The first-order valence-electron chi connectivity index (χ1n) is 6.21. The van der Waals surface area contributed by atoms with E-state index in [1.165, 1.54) is 23.5 Å². The molecule has 0 saturated carbocycles. The van der Waals surface area contributed by atoms with E-state index in [-0.39, 0.29) is 4.90 Å². The van der Waals surface area contributed by atoms with Crippen molar-refractivity contribution >= 4 is 21.4 Å². The number of nitrogen functional groups attached to an aromatic ring is 1. The molecule has 0 radical (unpaired) electrons. The standard InChI is InChI=1S/C15H15N3O2S/c1-11-8-12(10-16)6-7-15(11)21(19,20)18(2)14-5-3-4-13(17)9-14/h3-9H,17H2,1-2H3. The molecular formula is C15H15N3O2S. The molecule has 0 aliphatic carbocycles. The lowest BCUT2D eigenvalue weighted by Gasteiger charge is -2.21. The van der Waals surface area contributed by atoms with E-state index in [4.69, 9.17) is 11.0 Å². The second-order valence-corrected chi connectivity index (χ2v) is 6.60. The fourth-order valence-corrected chi connectivity index (χ4v) is 3.41. The summed E-state index contributed by atoms with van der Waals surface area (Å²) in [5.74, 6) is 0. The van der Waals surface area contributed by atoms with Crippen molar-refractivity contribution < 1.29 is 8.42 Å². The van der Waals surface area contributed by atoms with Crippen molar-refractivity contribution in [3.63, 3.8) is 0 Å². The van der Waals surface area contributed by atoms with Crippen molar-refractivity contribution in [2.45, 2.75) is 11.8 Å². The van der Waals surface area contributed by atoms with Crippen LogP contribution in [0, 0.1) is 18.3 Å². The molecule has 0 spiro atoms. The van der Waals surface area contributed by atoms with E-state index >= 15 is 0 Å². The lowest BCUT2D eigenvalue weighted by Crippen LogP contribution is -2.27. The molecule has 0 atom stereocenters. The van der Waals surface area contributed by atoms with Crippen LogP contribution in [-0.2, 0) is 10.0 Å². The molecule has 0 heterocycles. The van der Waals surface area contributed by atoms with E-state index in [2.05, 4.69) is 0 Å². The van der Waals surface area contributed by atoms with E-state index in [1.54, 1.807) is 37.3 Å². The minimum Gasteiger partial charge on any atom is -0.399 e. The molecule has 0 fully saturated rings. The molecule has 0 unspecified atom stereocenters. The summed E-state index contributed by atoms with van der Waals surface area (Å²) >= 11 is 0. The minimum absolute atomic E-state index is 0.173. The van der Waals surface area contributed by atoms with Gasteiger partial charge < -0.3 is 5.73 Å². The van der Waals surface area contributed by atoms with Gasteiger partial charge in [0.25, 0.3) is 10.0 Å². The van der Waals surface area contributed by atoms with Gasteiger partial charge in [0.05, 0.1) is 22.2 Å². The number of nitrogens with two attached hydrogens (primary N) is 1. The summed E-state index contributed by atoms with van der Waals surface area (Å²) in [7, 11) is -2.22. The molecule has 6 heteroatoms. The zero-order valence-corrected chi connectivity index (χ0v) is 12.6. The number of hydrogen-bond donors (Lipinski definition) is 1. The topological polar surface area (TPSA) is 87.2 Å². The molecule has 0 aromatic heterocycles. The summed E-state index contributed by atoms with van der Waals surface area (Å²) < 4.78 is 26.5. The highest BCUT2D eigenvalue weighted by Gasteiger charge is 2.23. The fourth-order valence-electron chi connectivity index (χ4n) is 2.02. The SMILES string of the molecule is Cc1cc(C#N)ccc1S(=O)(=O)N(C)c1cccc(N)c1. The maximum atomic E-state index is 12.7. The van der Waals surface area contributed by atoms with Gasteiger partial charge in [-0.05, 0) is 48.9 Å². The van der Waals surface area contributed by atoms with Crippen LogP contribution in [0.3, 0.4) is 0 Å². The Morgan fingerprint density at radius 2 is 1.90 bits per heavy atom. The summed E-state index contributed by atoms with van der Waals surface area (Å²) in [6.07, 6.45) is 0. The Morgan fingerprint density at radius 3 is 2.48 bits per heavy atom. The molecule has 0 bridgehead atoms. The number of nitriles is 1. The molecule has 0 aliphatic rings. The monoisotopic (exact) mass is 301 g/mol. The third kappa shape index (κ3) is 2.83. The molecular weight excluding hydrogens is 286 g/mol. The van der Waals surface area contributed by atoms with Gasteiger partial charge in [-0.2, -0.15) is 5.26 Å². The van der Waals surface area contributed by atoms with E-state index < -0.39 is 10.0 Å². The highest BCUT2D eigenvalue weighted by Crippen LogP contribution is 2.25. The van der Waals surface area contributed by atoms with Gasteiger partial charge in [-0.3, -0.25) is 4.31 Å². The van der Waals surface area contributed by atoms with Gasteiger partial charge in [-0.1, -0.05) is 6.07 Å². The van der Waals surface area contributed by atoms with Crippen LogP contribution in [0.1, 0.15) is 11.1 Å². The number of rotatable bonds is 3. The van der Waals surface area contributed by atoms with Gasteiger partial charge >= 0.3 is 0 Å². The van der Waals surface area contributed by atoms with Crippen LogP contribution in [0.5, 0.6) is 0 Å². The molecule has 2 N–H and O–H groups in total. The van der Waals surface area contributed by atoms with Crippen LogP contribution in [0.2, 0.25) is 0 Å². The van der Waals surface area contributed by atoms with Gasteiger partial charge in [0.2, 0.25) is 0 Å². The third-order valence-electron chi connectivity index (χ3n) is 3.18.